The van der Waals surface area contributed by atoms with Crippen molar-refractivity contribution in [1.29, 1.82) is 0 Å². The van der Waals surface area contributed by atoms with Crippen LogP contribution in [0, 0.1) is 0 Å². The Bertz CT molecular complexity index is 813. The van der Waals surface area contributed by atoms with Gasteiger partial charge in [-0.15, -0.1) is 10.2 Å². The number of hydrogen-bond donors (Lipinski definition) is 2. The molecule has 0 saturated carbocycles. The summed E-state index contributed by atoms with van der Waals surface area (Å²) in [6, 6.07) is 5.61. The van der Waals surface area contributed by atoms with Gasteiger partial charge in [0.15, 0.2) is 5.82 Å². The van der Waals surface area contributed by atoms with Gasteiger partial charge in [-0.3, -0.25) is 4.79 Å². The van der Waals surface area contributed by atoms with E-state index in [1.807, 2.05) is 31.3 Å². The molecule has 0 unspecified atom stereocenters. The minimum atomic E-state index is 0.0140. The molecule has 2 N–H and O–H groups in total. The van der Waals surface area contributed by atoms with E-state index in [1.54, 1.807) is 11.9 Å². The first-order chi connectivity index (χ1) is 11.0. The lowest BCUT2D eigenvalue weighted by Gasteiger charge is -2.19. The Morgan fingerprint density at radius 1 is 1.43 bits per heavy atom. The van der Waals surface area contributed by atoms with Crippen LogP contribution in [0.3, 0.4) is 0 Å². The number of hydrogen-bond acceptors (Lipinski definition) is 4. The van der Waals surface area contributed by atoms with Crippen molar-refractivity contribution in [1.82, 2.24) is 30.5 Å². The van der Waals surface area contributed by atoms with Gasteiger partial charge in [-0.2, -0.15) is 5.21 Å². The first-order valence-electron chi connectivity index (χ1n) is 7.27. The molecule has 23 heavy (non-hydrogen) atoms. The SMILES string of the molecule is C[C@H](CN(C)C(=O)Cc1c[nH]c2ccc(Cl)cc12)c1nn[nH]n1. The molecule has 1 atom stereocenters. The summed E-state index contributed by atoms with van der Waals surface area (Å²) >= 11 is 6.04. The number of tetrazole rings is 1. The first-order valence-corrected chi connectivity index (χ1v) is 7.65. The smallest absolute Gasteiger partial charge is 0.226 e. The molecule has 0 saturated heterocycles. The molecule has 8 heteroatoms. The van der Waals surface area contributed by atoms with Crippen LogP contribution in [0.4, 0.5) is 0 Å². The summed E-state index contributed by atoms with van der Waals surface area (Å²) in [6.07, 6.45) is 2.17. The zero-order chi connectivity index (χ0) is 16.4. The molecule has 0 fully saturated rings. The van der Waals surface area contributed by atoms with Crippen molar-refractivity contribution in [2.45, 2.75) is 19.3 Å². The van der Waals surface area contributed by atoms with Crippen molar-refractivity contribution in [3.05, 3.63) is 40.8 Å². The van der Waals surface area contributed by atoms with Crippen LogP contribution in [-0.2, 0) is 11.2 Å². The summed E-state index contributed by atoms with van der Waals surface area (Å²) in [4.78, 5) is 17.3. The van der Waals surface area contributed by atoms with Gasteiger partial charge in [-0.25, -0.2) is 0 Å². The molecular formula is C15H17ClN6O. The highest BCUT2D eigenvalue weighted by molar-refractivity contribution is 6.31. The third kappa shape index (κ3) is 3.34. The lowest BCUT2D eigenvalue weighted by molar-refractivity contribution is -0.129. The zero-order valence-electron chi connectivity index (χ0n) is 12.9. The number of aromatic nitrogens is 5. The Hall–Kier alpha value is -2.41. The monoisotopic (exact) mass is 332 g/mol. The second kappa shape index (κ2) is 6.37. The molecule has 0 spiro atoms. The number of carbonyl (C=O) groups excluding carboxylic acids is 1. The molecule has 0 bridgehead atoms. The average molecular weight is 333 g/mol. The quantitative estimate of drug-likeness (QED) is 0.749. The molecule has 1 amide bonds. The van der Waals surface area contributed by atoms with E-state index in [4.69, 9.17) is 11.6 Å². The van der Waals surface area contributed by atoms with Gasteiger partial charge in [0.25, 0.3) is 0 Å². The summed E-state index contributed by atoms with van der Waals surface area (Å²) < 4.78 is 0. The second-order valence-electron chi connectivity index (χ2n) is 5.63. The number of H-pyrrole nitrogens is 2. The Labute approximate surface area is 138 Å². The fourth-order valence-corrected chi connectivity index (χ4v) is 2.74. The topological polar surface area (TPSA) is 90.6 Å². The van der Waals surface area contributed by atoms with Gasteiger partial charge < -0.3 is 9.88 Å². The second-order valence-corrected chi connectivity index (χ2v) is 6.06. The highest BCUT2D eigenvalue weighted by Gasteiger charge is 2.18. The van der Waals surface area contributed by atoms with E-state index in [0.717, 1.165) is 16.5 Å². The highest BCUT2D eigenvalue weighted by atomic mass is 35.5. The number of carbonyl (C=O) groups is 1. The summed E-state index contributed by atoms with van der Waals surface area (Å²) in [6.45, 7) is 2.49. The van der Waals surface area contributed by atoms with Gasteiger partial charge in [0.1, 0.15) is 0 Å². The fourth-order valence-electron chi connectivity index (χ4n) is 2.57. The molecule has 0 radical (unpaired) electrons. The molecule has 2 aromatic heterocycles. The van der Waals surface area contributed by atoms with Gasteiger partial charge in [0, 0.05) is 41.6 Å². The zero-order valence-corrected chi connectivity index (χ0v) is 13.6. The molecule has 0 aliphatic carbocycles. The highest BCUT2D eigenvalue weighted by Crippen LogP contribution is 2.23. The summed E-state index contributed by atoms with van der Waals surface area (Å²) in [5.74, 6) is 0.643. The van der Waals surface area contributed by atoms with Crippen LogP contribution in [0.15, 0.2) is 24.4 Å². The normalized spacial score (nSPS) is 12.5. The number of amides is 1. The van der Waals surface area contributed by atoms with Crippen molar-refractivity contribution in [3.8, 4) is 0 Å². The number of aromatic amines is 2. The molecule has 3 aromatic rings. The number of fused-ring (bicyclic) bond motifs is 1. The number of benzene rings is 1. The van der Waals surface area contributed by atoms with Crippen LogP contribution in [0.25, 0.3) is 10.9 Å². The van der Waals surface area contributed by atoms with Gasteiger partial charge in [0.2, 0.25) is 5.91 Å². The molecule has 120 valence electrons. The van der Waals surface area contributed by atoms with Crippen molar-refractivity contribution in [2.75, 3.05) is 13.6 Å². The predicted molar refractivity (Wildman–Crippen MR) is 87.2 cm³/mol. The Morgan fingerprint density at radius 3 is 3.00 bits per heavy atom. The van der Waals surface area contributed by atoms with Crippen LogP contribution in [0.5, 0.6) is 0 Å². The number of nitrogens with zero attached hydrogens (tertiary/aromatic N) is 4. The van der Waals surface area contributed by atoms with Crippen LogP contribution >= 0.6 is 11.6 Å². The summed E-state index contributed by atoms with van der Waals surface area (Å²) in [7, 11) is 1.78. The third-order valence-electron chi connectivity index (χ3n) is 3.85. The van der Waals surface area contributed by atoms with Crippen molar-refractivity contribution >= 4 is 28.4 Å². The van der Waals surface area contributed by atoms with E-state index in [2.05, 4.69) is 25.6 Å². The van der Waals surface area contributed by atoms with E-state index in [0.29, 0.717) is 23.8 Å². The first kappa shape index (κ1) is 15.5. The third-order valence-corrected chi connectivity index (χ3v) is 4.08. The van der Waals surface area contributed by atoms with E-state index in [9.17, 15) is 4.79 Å². The van der Waals surface area contributed by atoms with E-state index in [1.165, 1.54) is 0 Å². The molecule has 3 rings (SSSR count). The van der Waals surface area contributed by atoms with Crippen LogP contribution in [-0.4, -0.2) is 50.0 Å². The minimum absolute atomic E-state index is 0.0140. The van der Waals surface area contributed by atoms with Gasteiger partial charge in [-0.1, -0.05) is 23.7 Å². The van der Waals surface area contributed by atoms with E-state index in [-0.39, 0.29) is 11.8 Å². The predicted octanol–water partition coefficient (Wildman–Crippen LogP) is 2.14. The lowest BCUT2D eigenvalue weighted by atomic mass is 10.1. The maximum Gasteiger partial charge on any atom is 0.226 e. The number of rotatable bonds is 5. The number of halogens is 1. The largest absolute Gasteiger partial charge is 0.361 e. The van der Waals surface area contributed by atoms with Gasteiger partial charge in [0.05, 0.1) is 6.42 Å². The molecule has 1 aromatic carbocycles. The molecule has 2 heterocycles. The molecule has 0 aliphatic heterocycles. The molecule has 0 aliphatic rings. The lowest BCUT2D eigenvalue weighted by Crippen LogP contribution is -2.31. The molecule has 7 nitrogen and oxygen atoms in total. The Kier molecular flexibility index (Phi) is 4.29. The summed E-state index contributed by atoms with van der Waals surface area (Å²) in [5.41, 5.74) is 1.91. The average Bonchev–Trinajstić information content (AvgIpc) is 3.17. The molecular weight excluding hydrogens is 316 g/mol. The Morgan fingerprint density at radius 2 is 2.26 bits per heavy atom. The van der Waals surface area contributed by atoms with Crippen LogP contribution in [0.1, 0.15) is 24.2 Å². The maximum absolute atomic E-state index is 12.5. The number of nitrogens with one attached hydrogen (secondary N) is 2. The van der Waals surface area contributed by atoms with Crippen molar-refractivity contribution in [3.63, 3.8) is 0 Å². The van der Waals surface area contributed by atoms with Gasteiger partial charge >= 0.3 is 0 Å². The minimum Gasteiger partial charge on any atom is -0.361 e. The van der Waals surface area contributed by atoms with Crippen LogP contribution in [0.2, 0.25) is 5.02 Å². The Balaban J connectivity index is 1.69. The van der Waals surface area contributed by atoms with Gasteiger partial charge in [-0.05, 0) is 23.8 Å². The van der Waals surface area contributed by atoms with Crippen LogP contribution < -0.4 is 0 Å². The van der Waals surface area contributed by atoms with Crippen molar-refractivity contribution in [2.24, 2.45) is 0 Å². The summed E-state index contributed by atoms with van der Waals surface area (Å²) in [5, 5.41) is 15.5. The standard InChI is InChI=1S/C15H17ClN6O/c1-9(15-18-20-21-19-15)8-22(2)14(23)5-10-7-17-13-4-3-11(16)6-12(10)13/h3-4,6-7,9,17H,5,8H2,1-2H3,(H,18,19,20,21)/t9-/m1/s1. The maximum atomic E-state index is 12.5. The number of likely N-dealkylation sites (N-methyl/N-ethyl adjacent to an activating group) is 1. The van der Waals surface area contributed by atoms with Crippen molar-refractivity contribution < 1.29 is 4.79 Å². The fraction of sp³-hybridized carbons (Fsp3) is 0.333. The van der Waals surface area contributed by atoms with E-state index < -0.39 is 0 Å². The van der Waals surface area contributed by atoms with E-state index >= 15 is 0 Å².